The van der Waals surface area contributed by atoms with E-state index in [-0.39, 0.29) is 30.3 Å². The average molecular weight is 556 g/mol. The first kappa shape index (κ1) is 28.3. The molecule has 212 valence electrons. The molecule has 0 spiro atoms. The van der Waals surface area contributed by atoms with Crippen molar-refractivity contribution < 1.29 is 24.5 Å². The summed E-state index contributed by atoms with van der Waals surface area (Å²) in [5, 5.41) is 33.2. The maximum atomic E-state index is 14.4. The molecular weight excluding hydrogens is 523 g/mol. The van der Waals surface area contributed by atoms with E-state index in [0.717, 1.165) is 38.8 Å². The van der Waals surface area contributed by atoms with E-state index in [1.54, 1.807) is 16.7 Å². The number of carbonyl (C=O) groups excluding carboxylic acids is 1. The normalized spacial score (nSPS) is 13.2. The van der Waals surface area contributed by atoms with Gasteiger partial charge < -0.3 is 24.7 Å². The molecule has 0 unspecified atom stereocenters. The molecule has 2 N–H and O–H groups in total. The highest BCUT2D eigenvalue weighted by Crippen LogP contribution is 2.40. The number of pyridine rings is 1. The molecule has 0 fully saturated rings. The molecule has 41 heavy (non-hydrogen) atoms. The topological polar surface area (TPSA) is 108 Å². The molecule has 5 rings (SSSR count). The highest BCUT2D eigenvalue weighted by molar-refractivity contribution is 6.14. The van der Waals surface area contributed by atoms with E-state index in [2.05, 4.69) is 0 Å². The number of carboxylic acid groups (broad SMARTS) is 1. The number of aliphatic hydroxyl groups excluding tert-OH is 2. The second kappa shape index (κ2) is 11.7. The highest BCUT2D eigenvalue weighted by atomic mass is 19.1. The van der Waals surface area contributed by atoms with Gasteiger partial charge in [-0.05, 0) is 69.0 Å². The van der Waals surface area contributed by atoms with Crippen molar-refractivity contribution >= 4 is 27.8 Å². The van der Waals surface area contributed by atoms with Crippen LogP contribution in [-0.4, -0.2) is 37.5 Å². The molecule has 0 bridgehead atoms. The summed E-state index contributed by atoms with van der Waals surface area (Å²) in [4.78, 5) is 25.3. The summed E-state index contributed by atoms with van der Waals surface area (Å²) < 4.78 is 17.7. The number of benzene rings is 3. The minimum absolute atomic E-state index is 0.120. The summed E-state index contributed by atoms with van der Waals surface area (Å²) in [6.45, 7) is 3.97. The molecule has 2 heterocycles. The van der Waals surface area contributed by atoms with Crippen LogP contribution in [0.4, 0.5) is 4.39 Å². The molecule has 0 aliphatic carbocycles. The van der Waals surface area contributed by atoms with E-state index in [9.17, 15) is 29.3 Å². The van der Waals surface area contributed by atoms with Gasteiger partial charge in [0, 0.05) is 46.1 Å². The Labute approximate surface area is 236 Å². The third kappa shape index (κ3) is 5.53. The van der Waals surface area contributed by atoms with Crippen LogP contribution in [0.1, 0.15) is 44.8 Å². The van der Waals surface area contributed by atoms with Crippen molar-refractivity contribution in [1.29, 1.82) is 0 Å². The molecule has 0 radical (unpaired) electrons. The number of hydrogen-bond donors (Lipinski definition) is 2. The minimum Gasteiger partial charge on any atom is -0.550 e. The molecule has 8 heteroatoms. The predicted octanol–water partition coefficient (Wildman–Crippen LogP) is 4.52. The second-order valence-electron chi connectivity index (χ2n) is 10.7. The van der Waals surface area contributed by atoms with Crippen molar-refractivity contribution in [2.45, 2.75) is 57.8 Å². The van der Waals surface area contributed by atoms with Crippen LogP contribution in [0.25, 0.3) is 38.6 Å². The van der Waals surface area contributed by atoms with E-state index < -0.39 is 24.6 Å². The van der Waals surface area contributed by atoms with Gasteiger partial charge in [0.15, 0.2) is 0 Å². The fraction of sp³-hybridized carbons (Fsp3) is 0.273. The largest absolute Gasteiger partial charge is 0.550 e. The number of aromatic nitrogens is 2. The smallest absolute Gasteiger partial charge is 0.280 e. The van der Waals surface area contributed by atoms with Crippen LogP contribution >= 0.6 is 0 Å². The van der Waals surface area contributed by atoms with Crippen LogP contribution in [0.15, 0.2) is 83.7 Å². The molecule has 0 aliphatic heterocycles. The van der Waals surface area contributed by atoms with Crippen molar-refractivity contribution in [2.75, 3.05) is 0 Å². The van der Waals surface area contributed by atoms with Gasteiger partial charge in [0.1, 0.15) is 11.3 Å². The lowest BCUT2D eigenvalue weighted by Crippen LogP contribution is -2.29. The molecule has 2 aromatic heterocycles. The predicted molar refractivity (Wildman–Crippen MR) is 155 cm³/mol. The SMILES string of the molecule is CC(C)n1c(CC[C@@H](O)C[C@@H](O)CC(=O)[O-])c(-c2ccc(F)cc2)c2c3ccccc3n(-c3ccccc3)c(=O)c21. The van der Waals surface area contributed by atoms with Crippen LogP contribution < -0.4 is 10.7 Å². The van der Waals surface area contributed by atoms with Gasteiger partial charge in [-0.2, -0.15) is 0 Å². The molecule has 3 aromatic carbocycles. The zero-order valence-corrected chi connectivity index (χ0v) is 23.0. The first-order valence-electron chi connectivity index (χ1n) is 13.7. The maximum absolute atomic E-state index is 14.4. The Morgan fingerprint density at radius 1 is 0.927 bits per heavy atom. The first-order valence-corrected chi connectivity index (χ1v) is 13.7. The van der Waals surface area contributed by atoms with Crippen molar-refractivity contribution in [3.05, 3.63) is 101 Å². The number of nitrogens with zero attached hydrogens (tertiary/aromatic N) is 2. The molecule has 0 aliphatic rings. The van der Waals surface area contributed by atoms with Crippen LogP contribution in [-0.2, 0) is 11.2 Å². The van der Waals surface area contributed by atoms with Gasteiger partial charge in [0.2, 0.25) is 0 Å². The van der Waals surface area contributed by atoms with Gasteiger partial charge >= 0.3 is 0 Å². The number of halogens is 1. The zero-order chi connectivity index (χ0) is 29.3. The van der Waals surface area contributed by atoms with Gasteiger partial charge in [0.05, 0.1) is 17.7 Å². The molecule has 0 saturated carbocycles. The summed E-state index contributed by atoms with van der Waals surface area (Å²) in [7, 11) is 0. The number of carboxylic acids is 1. The molecule has 5 aromatic rings. The number of hydrogen-bond acceptors (Lipinski definition) is 5. The van der Waals surface area contributed by atoms with Gasteiger partial charge in [-0.25, -0.2) is 4.39 Å². The Morgan fingerprint density at radius 2 is 1.59 bits per heavy atom. The second-order valence-corrected chi connectivity index (χ2v) is 10.7. The average Bonchev–Trinajstić information content (AvgIpc) is 3.28. The van der Waals surface area contributed by atoms with E-state index in [4.69, 9.17) is 0 Å². The van der Waals surface area contributed by atoms with E-state index >= 15 is 0 Å². The number of para-hydroxylation sites is 2. The molecular formula is C33H32FN2O5-. The Kier molecular flexibility index (Phi) is 8.06. The summed E-state index contributed by atoms with van der Waals surface area (Å²) >= 11 is 0. The lowest BCUT2D eigenvalue weighted by atomic mass is 9.96. The van der Waals surface area contributed by atoms with Crippen molar-refractivity contribution in [1.82, 2.24) is 9.13 Å². The monoisotopic (exact) mass is 555 g/mol. The lowest BCUT2D eigenvalue weighted by molar-refractivity contribution is -0.307. The summed E-state index contributed by atoms with van der Waals surface area (Å²) in [5.41, 5.74) is 4.08. The van der Waals surface area contributed by atoms with Gasteiger partial charge in [-0.1, -0.05) is 48.5 Å². The van der Waals surface area contributed by atoms with E-state index in [0.29, 0.717) is 11.9 Å². The standard InChI is InChI=1S/C33H33FN2O5/c1-20(2)35-28(17-16-24(37)18-25(38)19-29(39)40)30(21-12-14-22(34)15-13-21)31-26-10-6-7-11-27(26)36(33(41)32(31)35)23-8-4-3-5-9-23/h3-15,20,24-25,37-38H,16-19H2,1-2H3,(H,39,40)/p-1/t24-,25-/m1/s1. The maximum Gasteiger partial charge on any atom is 0.280 e. The van der Waals surface area contributed by atoms with Gasteiger partial charge in [-0.3, -0.25) is 9.36 Å². The fourth-order valence-electron chi connectivity index (χ4n) is 5.79. The van der Waals surface area contributed by atoms with Crippen LogP contribution in [0.2, 0.25) is 0 Å². The van der Waals surface area contributed by atoms with Crippen LogP contribution in [0.5, 0.6) is 0 Å². The highest BCUT2D eigenvalue weighted by Gasteiger charge is 2.27. The molecule has 2 atom stereocenters. The summed E-state index contributed by atoms with van der Waals surface area (Å²) in [5.74, 6) is -1.76. The molecule has 0 saturated heterocycles. The summed E-state index contributed by atoms with van der Waals surface area (Å²) in [6, 6.07) is 23.1. The van der Waals surface area contributed by atoms with Crippen molar-refractivity contribution in [3.8, 4) is 16.8 Å². The van der Waals surface area contributed by atoms with E-state index in [1.807, 2.05) is 73.0 Å². The number of aliphatic hydroxyl groups is 2. The minimum atomic E-state index is -1.38. The Balaban J connectivity index is 1.79. The molecule has 0 amide bonds. The third-order valence-corrected chi connectivity index (χ3v) is 7.45. The lowest BCUT2D eigenvalue weighted by Gasteiger charge is -2.19. The fourth-order valence-corrected chi connectivity index (χ4v) is 5.79. The first-order chi connectivity index (χ1) is 19.7. The third-order valence-electron chi connectivity index (χ3n) is 7.45. The van der Waals surface area contributed by atoms with Gasteiger partial charge in [0.25, 0.3) is 5.56 Å². The van der Waals surface area contributed by atoms with E-state index in [1.165, 1.54) is 12.1 Å². The Bertz CT molecular complexity index is 1760. The Morgan fingerprint density at radius 3 is 2.24 bits per heavy atom. The quantitative estimate of drug-likeness (QED) is 0.264. The number of aliphatic carboxylic acids is 1. The van der Waals surface area contributed by atoms with Gasteiger partial charge in [-0.15, -0.1) is 0 Å². The molecule has 7 nitrogen and oxygen atoms in total. The number of rotatable bonds is 10. The van der Waals surface area contributed by atoms with Crippen molar-refractivity contribution in [2.24, 2.45) is 0 Å². The van der Waals surface area contributed by atoms with Crippen LogP contribution in [0, 0.1) is 5.82 Å². The van der Waals surface area contributed by atoms with Crippen LogP contribution in [0.3, 0.4) is 0 Å². The number of fused-ring (bicyclic) bond motifs is 3. The van der Waals surface area contributed by atoms with Crippen molar-refractivity contribution in [3.63, 3.8) is 0 Å². The number of carbonyl (C=O) groups is 1. The summed E-state index contributed by atoms with van der Waals surface area (Å²) in [6.07, 6.45) is -2.35. The Hall–Kier alpha value is -4.27. The zero-order valence-electron chi connectivity index (χ0n) is 23.0.